The van der Waals surface area contributed by atoms with Crippen LogP contribution in [0, 0.1) is 0 Å². The summed E-state index contributed by atoms with van der Waals surface area (Å²) in [5, 5.41) is 3.87. The van der Waals surface area contributed by atoms with Gasteiger partial charge in [-0.2, -0.15) is 0 Å². The Balaban J connectivity index is 2.65. The maximum atomic E-state index is 10.7. The van der Waals surface area contributed by atoms with E-state index in [-0.39, 0.29) is 0 Å². The Bertz CT molecular complexity index is 391. The Labute approximate surface area is 97.6 Å². The number of carbonyl (C=O) groups excluding carboxylic acids is 1. The van der Waals surface area contributed by atoms with Crippen LogP contribution in [0.3, 0.4) is 0 Å². The first kappa shape index (κ1) is 11.9. The van der Waals surface area contributed by atoms with Gasteiger partial charge in [0.05, 0.1) is 17.8 Å². The minimum atomic E-state index is -0.437. The van der Waals surface area contributed by atoms with Gasteiger partial charge in [0.25, 0.3) is 0 Å². The molecule has 0 unspecified atom stereocenters. The number of halogens is 2. The average Bonchev–Trinajstić information content (AvgIpc) is 2.21. The molecule has 0 spiro atoms. The molecule has 0 aliphatic heterocycles. The molecule has 0 aromatic heterocycles. The van der Waals surface area contributed by atoms with Crippen LogP contribution in [0.25, 0.3) is 0 Å². The van der Waals surface area contributed by atoms with Gasteiger partial charge in [-0.15, -0.1) is 0 Å². The van der Waals surface area contributed by atoms with E-state index in [9.17, 15) is 4.79 Å². The average molecular weight is 246 g/mol. The van der Waals surface area contributed by atoms with Crippen LogP contribution >= 0.6 is 23.2 Å². The minimum Gasteiger partial charge on any atom is -0.466 e. The van der Waals surface area contributed by atoms with Gasteiger partial charge in [-0.1, -0.05) is 23.2 Å². The Morgan fingerprint density at radius 1 is 1.47 bits per heavy atom. The van der Waals surface area contributed by atoms with Gasteiger partial charge in [-0.05, 0) is 18.2 Å². The topological polar surface area (TPSA) is 38.3 Å². The van der Waals surface area contributed by atoms with E-state index in [1.165, 1.54) is 19.4 Å². The number of rotatable bonds is 3. The van der Waals surface area contributed by atoms with E-state index in [1.54, 1.807) is 18.2 Å². The second kappa shape index (κ2) is 5.63. The number of anilines is 1. The molecule has 15 heavy (non-hydrogen) atoms. The lowest BCUT2D eigenvalue weighted by Gasteiger charge is -2.03. The zero-order valence-electron chi connectivity index (χ0n) is 7.96. The van der Waals surface area contributed by atoms with Gasteiger partial charge < -0.3 is 10.1 Å². The molecule has 3 nitrogen and oxygen atoms in total. The van der Waals surface area contributed by atoms with Crippen LogP contribution < -0.4 is 5.32 Å². The number of ether oxygens (including phenoxy) is 1. The molecule has 0 saturated carbocycles. The number of esters is 1. The molecule has 0 amide bonds. The third-order valence-electron chi connectivity index (χ3n) is 1.59. The van der Waals surface area contributed by atoms with Crippen LogP contribution in [0.4, 0.5) is 5.69 Å². The molecular weight excluding hydrogens is 237 g/mol. The van der Waals surface area contributed by atoms with Crippen LogP contribution in [0.1, 0.15) is 0 Å². The van der Waals surface area contributed by atoms with Crippen molar-refractivity contribution in [2.24, 2.45) is 0 Å². The summed E-state index contributed by atoms with van der Waals surface area (Å²) in [4.78, 5) is 10.7. The van der Waals surface area contributed by atoms with E-state index in [2.05, 4.69) is 10.1 Å². The third kappa shape index (κ3) is 3.81. The van der Waals surface area contributed by atoms with Gasteiger partial charge in [0.15, 0.2) is 0 Å². The van der Waals surface area contributed by atoms with Gasteiger partial charge in [0.1, 0.15) is 0 Å². The summed E-state index contributed by atoms with van der Waals surface area (Å²) < 4.78 is 4.42. The number of benzene rings is 1. The molecule has 0 saturated heterocycles. The summed E-state index contributed by atoms with van der Waals surface area (Å²) in [7, 11) is 1.31. The number of hydrogen-bond acceptors (Lipinski definition) is 3. The highest BCUT2D eigenvalue weighted by molar-refractivity contribution is 6.36. The van der Waals surface area contributed by atoms with Crippen molar-refractivity contribution in [3.05, 3.63) is 40.5 Å². The van der Waals surface area contributed by atoms with Crippen molar-refractivity contribution in [1.82, 2.24) is 0 Å². The van der Waals surface area contributed by atoms with Gasteiger partial charge in [0, 0.05) is 17.3 Å². The molecule has 0 atom stereocenters. The van der Waals surface area contributed by atoms with Crippen molar-refractivity contribution < 1.29 is 9.53 Å². The van der Waals surface area contributed by atoms with Crippen molar-refractivity contribution in [2.45, 2.75) is 0 Å². The second-order valence-electron chi connectivity index (χ2n) is 2.62. The Hall–Kier alpha value is -1.19. The Morgan fingerprint density at radius 3 is 2.80 bits per heavy atom. The molecule has 80 valence electrons. The normalized spacial score (nSPS) is 10.3. The fourth-order valence-corrected chi connectivity index (χ4v) is 1.34. The molecular formula is C10H9Cl2NO2. The highest BCUT2D eigenvalue weighted by atomic mass is 35.5. The first-order chi connectivity index (χ1) is 7.13. The second-order valence-corrected chi connectivity index (χ2v) is 3.47. The molecule has 0 aliphatic rings. The molecule has 0 heterocycles. The number of nitrogens with one attached hydrogen (secondary N) is 1. The summed E-state index contributed by atoms with van der Waals surface area (Å²) in [6, 6.07) is 5.02. The van der Waals surface area contributed by atoms with Crippen LogP contribution in [0.2, 0.25) is 10.0 Å². The zero-order chi connectivity index (χ0) is 11.3. The molecule has 1 N–H and O–H groups in total. The van der Waals surface area contributed by atoms with Crippen LogP contribution in [-0.2, 0) is 9.53 Å². The lowest BCUT2D eigenvalue weighted by Crippen LogP contribution is -1.96. The van der Waals surface area contributed by atoms with Crippen LogP contribution in [-0.4, -0.2) is 13.1 Å². The maximum absolute atomic E-state index is 10.7. The van der Waals surface area contributed by atoms with Gasteiger partial charge >= 0.3 is 5.97 Å². The summed E-state index contributed by atoms with van der Waals surface area (Å²) in [5.41, 5.74) is 0.668. The number of carbonyl (C=O) groups is 1. The monoisotopic (exact) mass is 245 g/mol. The Kier molecular flexibility index (Phi) is 4.46. The summed E-state index contributed by atoms with van der Waals surface area (Å²) in [6.45, 7) is 0. The summed E-state index contributed by atoms with van der Waals surface area (Å²) in [5.74, 6) is -0.437. The fraction of sp³-hybridized carbons (Fsp3) is 0.100. The predicted molar refractivity (Wildman–Crippen MR) is 61.2 cm³/mol. The maximum Gasteiger partial charge on any atom is 0.331 e. The van der Waals surface area contributed by atoms with E-state index in [1.807, 2.05) is 0 Å². The zero-order valence-corrected chi connectivity index (χ0v) is 9.47. The molecule has 0 bridgehead atoms. The fourth-order valence-electron chi connectivity index (χ4n) is 0.874. The van der Waals surface area contributed by atoms with Crippen molar-refractivity contribution in [2.75, 3.05) is 12.4 Å². The lowest BCUT2D eigenvalue weighted by molar-refractivity contribution is -0.134. The smallest absolute Gasteiger partial charge is 0.331 e. The molecule has 0 aliphatic carbocycles. The summed E-state index contributed by atoms with van der Waals surface area (Å²) >= 11 is 11.6. The van der Waals surface area contributed by atoms with E-state index in [0.717, 1.165) is 0 Å². The molecule has 0 fully saturated rings. The largest absolute Gasteiger partial charge is 0.466 e. The first-order valence-corrected chi connectivity index (χ1v) is 4.85. The van der Waals surface area contributed by atoms with Gasteiger partial charge in [0.2, 0.25) is 0 Å². The van der Waals surface area contributed by atoms with Crippen molar-refractivity contribution in [3.63, 3.8) is 0 Å². The highest BCUT2D eigenvalue weighted by Gasteiger charge is 1.98. The van der Waals surface area contributed by atoms with Crippen molar-refractivity contribution in [3.8, 4) is 0 Å². The molecule has 1 rings (SSSR count). The lowest BCUT2D eigenvalue weighted by atomic mass is 10.3. The van der Waals surface area contributed by atoms with E-state index in [0.29, 0.717) is 15.7 Å². The molecule has 1 aromatic rings. The molecule has 5 heteroatoms. The number of methoxy groups -OCH3 is 1. The Morgan fingerprint density at radius 2 is 2.20 bits per heavy atom. The highest BCUT2D eigenvalue weighted by Crippen LogP contribution is 2.25. The van der Waals surface area contributed by atoms with E-state index in [4.69, 9.17) is 23.2 Å². The van der Waals surface area contributed by atoms with E-state index >= 15 is 0 Å². The van der Waals surface area contributed by atoms with Gasteiger partial charge in [-0.3, -0.25) is 0 Å². The first-order valence-electron chi connectivity index (χ1n) is 4.09. The minimum absolute atomic E-state index is 0.437. The van der Waals surface area contributed by atoms with Crippen molar-refractivity contribution in [1.29, 1.82) is 0 Å². The predicted octanol–water partition coefficient (Wildman–Crippen LogP) is 3.09. The molecule has 1 aromatic carbocycles. The van der Waals surface area contributed by atoms with Crippen LogP contribution in [0.15, 0.2) is 30.5 Å². The summed E-state index contributed by atoms with van der Waals surface area (Å²) in [6.07, 6.45) is 2.70. The third-order valence-corrected chi connectivity index (χ3v) is 2.14. The van der Waals surface area contributed by atoms with Crippen LogP contribution in [0.5, 0.6) is 0 Å². The van der Waals surface area contributed by atoms with E-state index < -0.39 is 5.97 Å². The SMILES string of the molecule is COC(=O)/C=C/Nc1ccc(Cl)cc1Cl. The van der Waals surface area contributed by atoms with Crippen molar-refractivity contribution >= 4 is 34.9 Å². The number of hydrogen-bond donors (Lipinski definition) is 1. The molecule has 0 radical (unpaired) electrons. The standard InChI is InChI=1S/C10H9Cl2NO2/c1-15-10(14)4-5-13-9-3-2-7(11)6-8(9)12/h2-6,13H,1H3/b5-4+. The quantitative estimate of drug-likeness (QED) is 0.657. The van der Waals surface area contributed by atoms with Gasteiger partial charge in [-0.25, -0.2) is 4.79 Å².